The highest BCUT2D eigenvalue weighted by atomic mass is 14.9. The topological polar surface area (TPSA) is 51.6 Å². The van der Waals surface area contributed by atoms with Crippen LogP contribution in [-0.2, 0) is 0 Å². The molecule has 0 N–H and O–H groups in total. The Morgan fingerprint density at radius 2 is 0.580 bits per heavy atom. The predicted molar refractivity (Wildman–Crippen MR) is 205 cm³/mol. The summed E-state index contributed by atoms with van der Waals surface area (Å²) in [4.78, 5) is 18.8. The summed E-state index contributed by atoms with van der Waals surface area (Å²) >= 11 is 0. The molecule has 5 aromatic carbocycles. The second-order valence-electron chi connectivity index (χ2n) is 12.6. The average molecular weight is 643 g/mol. The molecule has 0 bridgehead atoms. The van der Waals surface area contributed by atoms with Crippen molar-refractivity contribution in [1.29, 1.82) is 0 Å². The van der Waals surface area contributed by atoms with Crippen LogP contribution < -0.4 is 0 Å². The maximum atomic E-state index is 5.20. The lowest BCUT2D eigenvalue weighted by Gasteiger charge is -2.14. The molecule has 0 radical (unpaired) electrons. The Kier molecular flexibility index (Phi) is 8.34. The molecule has 0 fully saturated rings. The van der Waals surface area contributed by atoms with E-state index in [1.807, 2.05) is 49.1 Å². The summed E-state index contributed by atoms with van der Waals surface area (Å²) in [6.07, 6.45) is 7.31. The average Bonchev–Trinajstić information content (AvgIpc) is 3.19. The van der Waals surface area contributed by atoms with E-state index in [4.69, 9.17) is 9.97 Å². The van der Waals surface area contributed by atoms with Crippen molar-refractivity contribution < 1.29 is 0 Å². The minimum atomic E-state index is 0.684. The van der Waals surface area contributed by atoms with Crippen LogP contribution in [0.15, 0.2) is 170 Å². The zero-order chi connectivity index (χ0) is 33.9. The van der Waals surface area contributed by atoms with Crippen molar-refractivity contribution in [3.63, 3.8) is 0 Å². The first kappa shape index (κ1) is 30.8. The van der Waals surface area contributed by atoms with Gasteiger partial charge in [-0.3, -0.25) is 9.97 Å². The number of hydrogen-bond acceptors (Lipinski definition) is 4. The van der Waals surface area contributed by atoms with Gasteiger partial charge in [-0.05, 0) is 107 Å². The van der Waals surface area contributed by atoms with Gasteiger partial charge in [0.15, 0.2) is 5.82 Å². The molecule has 0 aliphatic heterocycles. The Bertz CT molecular complexity index is 2220. The summed E-state index contributed by atoms with van der Waals surface area (Å²) < 4.78 is 0. The lowest BCUT2D eigenvalue weighted by atomic mass is 9.93. The molecule has 0 aliphatic carbocycles. The third-order valence-electron chi connectivity index (χ3n) is 9.08. The fraction of sp³-hybridized carbons (Fsp3) is 0.0435. The Morgan fingerprint density at radius 1 is 0.280 bits per heavy atom. The van der Waals surface area contributed by atoms with Crippen LogP contribution in [0.4, 0.5) is 0 Å². The quantitative estimate of drug-likeness (QED) is 0.174. The van der Waals surface area contributed by atoms with Crippen LogP contribution in [-0.4, -0.2) is 19.9 Å². The minimum Gasteiger partial charge on any atom is -0.265 e. The molecule has 0 saturated heterocycles. The third kappa shape index (κ3) is 6.60. The number of nitrogens with zero attached hydrogens (tertiary/aromatic N) is 4. The first-order valence-corrected chi connectivity index (χ1v) is 16.8. The molecule has 0 unspecified atom stereocenters. The maximum Gasteiger partial charge on any atom is 0.160 e. The van der Waals surface area contributed by atoms with E-state index >= 15 is 0 Å². The highest BCUT2D eigenvalue weighted by Crippen LogP contribution is 2.35. The van der Waals surface area contributed by atoms with Crippen LogP contribution >= 0.6 is 0 Å². The number of hydrogen-bond donors (Lipinski definition) is 0. The molecule has 0 atom stereocenters. The van der Waals surface area contributed by atoms with Gasteiger partial charge in [-0.2, -0.15) is 0 Å². The van der Waals surface area contributed by atoms with Crippen molar-refractivity contribution in [2.45, 2.75) is 13.8 Å². The molecule has 8 aromatic rings. The van der Waals surface area contributed by atoms with Gasteiger partial charge in [0.05, 0.1) is 11.4 Å². The number of benzene rings is 5. The molecule has 238 valence electrons. The lowest BCUT2D eigenvalue weighted by molar-refractivity contribution is 1.18. The molecule has 0 spiro atoms. The number of pyridine rings is 2. The van der Waals surface area contributed by atoms with Gasteiger partial charge >= 0.3 is 0 Å². The van der Waals surface area contributed by atoms with Gasteiger partial charge in [-0.15, -0.1) is 0 Å². The van der Waals surface area contributed by atoms with E-state index in [0.717, 1.165) is 72.6 Å². The SMILES string of the molecule is Cc1ccc(-c2cc(-c3ccc(C)cc3)nc(-c3cc(-c4ccc(-c5ccncc5)cc4)cc(-c4ccc(-c5ccncc5)cc4)c3)n2)cc1. The molecular formula is C46H34N4. The van der Waals surface area contributed by atoms with E-state index in [2.05, 4.69) is 145 Å². The summed E-state index contributed by atoms with van der Waals surface area (Å²) in [5.74, 6) is 0.684. The molecule has 0 saturated carbocycles. The molecule has 50 heavy (non-hydrogen) atoms. The number of rotatable bonds is 7. The number of aromatic nitrogens is 4. The standard InChI is InChI=1S/C46H34N4/c1-31-3-7-39(8-4-31)44-30-45(40-9-5-32(2)6-10-40)50-46(49-44)43-28-41(35-15-11-33(12-16-35)37-19-23-47-24-20-37)27-42(29-43)36-17-13-34(14-18-36)38-21-25-48-26-22-38/h3-30H,1-2H3. The molecule has 4 nitrogen and oxygen atoms in total. The second-order valence-corrected chi connectivity index (χ2v) is 12.6. The first-order valence-electron chi connectivity index (χ1n) is 16.8. The van der Waals surface area contributed by atoms with Crippen LogP contribution in [0.5, 0.6) is 0 Å². The van der Waals surface area contributed by atoms with Gasteiger partial charge in [0.1, 0.15) is 0 Å². The predicted octanol–water partition coefficient (Wildman–Crippen LogP) is 11.6. The lowest BCUT2D eigenvalue weighted by Crippen LogP contribution is -1.97. The largest absolute Gasteiger partial charge is 0.265 e. The van der Waals surface area contributed by atoms with Crippen LogP contribution in [0.2, 0.25) is 0 Å². The van der Waals surface area contributed by atoms with E-state index in [-0.39, 0.29) is 0 Å². The Labute approximate surface area is 292 Å². The van der Waals surface area contributed by atoms with Crippen molar-refractivity contribution in [3.8, 4) is 78.4 Å². The molecule has 0 aliphatic rings. The van der Waals surface area contributed by atoms with Crippen LogP contribution in [0, 0.1) is 13.8 Å². The Balaban J connectivity index is 1.28. The normalized spacial score (nSPS) is 11.0. The molecule has 4 heteroatoms. The fourth-order valence-corrected chi connectivity index (χ4v) is 6.21. The van der Waals surface area contributed by atoms with Gasteiger partial charge < -0.3 is 0 Å². The third-order valence-corrected chi connectivity index (χ3v) is 9.08. The number of aryl methyl sites for hydroxylation is 2. The summed E-state index contributed by atoms with van der Waals surface area (Å²) in [6.45, 7) is 4.21. The highest BCUT2D eigenvalue weighted by molar-refractivity contribution is 5.82. The summed E-state index contributed by atoms with van der Waals surface area (Å²) in [5, 5.41) is 0. The van der Waals surface area contributed by atoms with Crippen molar-refractivity contribution in [2.24, 2.45) is 0 Å². The van der Waals surface area contributed by atoms with Gasteiger partial charge in [0.2, 0.25) is 0 Å². The molecule has 8 rings (SSSR count). The van der Waals surface area contributed by atoms with E-state index in [9.17, 15) is 0 Å². The fourth-order valence-electron chi connectivity index (χ4n) is 6.21. The van der Waals surface area contributed by atoms with Gasteiger partial charge in [-0.1, -0.05) is 108 Å². The van der Waals surface area contributed by atoms with Crippen LogP contribution in [0.1, 0.15) is 11.1 Å². The summed E-state index contributed by atoms with van der Waals surface area (Å²) in [5.41, 5.74) is 16.3. The van der Waals surface area contributed by atoms with Gasteiger partial charge in [0.25, 0.3) is 0 Å². The monoisotopic (exact) mass is 642 g/mol. The first-order chi connectivity index (χ1) is 24.6. The molecule has 3 heterocycles. The van der Waals surface area contributed by atoms with Crippen molar-refractivity contribution >= 4 is 0 Å². The van der Waals surface area contributed by atoms with E-state index in [1.165, 1.54) is 11.1 Å². The van der Waals surface area contributed by atoms with E-state index in [0.29, 0.717) is 5.82 Å². The van der Waals surface area contributed by atoms with Crippen molar-refractivity contribution in [2.75, 3.05) is 0 Å². The zero-order valence-corrected chi connectivity index (χ0v) is 28.0. The van der Waals surface area contributed by atoms with E-state index < -0.39 is 0 Å². The summed E-state index contributed by atoms with van der Waals surface area (Å²) in [6, 6.07) is 51.4. The van der Waals surface area contributed by atoms with Gasteiger partial charge in [0, 0.05) is 41.5 Å². The maximum absolute atomic E-state index is 5.20. The van der Waals surface area contributed by atoms with Crippen molar-refractivity contribution in [1.82, 2.24) is 19.9 Å². The van der Waals surface area contributed by atoms with E-state index in [1.54, 1.807) is 0 Å². The molecule has 0 amide bonds. The van der Waals surface area contributed by atoms with Crippen LogP contribution in [0.25, 0.3) is 78.4 Å². The smallest absolute Gasteiger partial charge is 0.160 e. The minimum absolute atomic E-state index is 0.684. The Morgan fingerprint density at radius 3 is 0.960 bits per heavy atom. The summed E-state index contributed by atoms with van der Waals surface area (Å²) in [7, 11) is 0. The second kappa shape index (κ2) is 13.5. The molecular weight excluding hydrogens is 609 g/mol. The zero-order valence-electron chi connectivity index (χ0n) is 28.0. The molecule has 3 aromatic heterocycles. The van der Waals surface area contributed by atoms with Crippen LogP contribution in [0.3, 0.4) is 0 Å². The highest BCUT2D eigenvalue weighted by Gasteiger charge is 2.14. The van der Waals surface area contributed by atoms with Crippen molar-refractivity contribution in [3.05, 3.63) is 182 Å². The Hall–Kier alpha value is -6.52. The van der Waals surface area contributed by atoms with Gasteiger partial charge in [-0.25, -0.2) is 9.97 Å².